The highest BCUT2D eigenvalue weighted by Crippen LogP contribution is 2.37. The molecule has 0 aliphatic rings. The summed E-state index contributed by atoms with van der Waals surface area (Å²) in [6.45, 7) is 14.8. The minimum atomic E-state index is -1.75. The Kier molecular flexibility index (Phi) is 6.78. The molecule has 0 unspecified atom stereocenters. The van der Waals surface area contributed by atoms with E-state index in [4.69, 9.17) is 4.43 Å². The van der Waals surface area contributed by atoms with Crippen molar-refractivity contribution in [2.24, 2.45) is 0 Å². The maximum absolute atomic E-state index is 10.9. The van der Waals surface area contributed by atoms with Crippen LogP contribution in [0.3, 0.4) is 0 Å². The standard InChI is InChI=1S/C15H28O2Si/c1-8-10-14(12-9-11-13(2)16)17-18(6,7)15(3,4)5/h8-11,14H,12H2,1-7H3/b10-8+,11-9+/t14-/m1/s1. The lowest BCUT2D eigenvalue weighted by molar-refractivity contribution is -0.112. The molecule has 3 heteroatoms. The minimum absolute atomic E-state index is 0.0755. The molecule has 0 rings (SSSR count). The molecule has 0 bridgehead atoms. The van der Waals surface area contributed by atoms with Gasteiger partial charge in [0.05, 0.1) is 6.10 Å². The van der Waals surface area contributed by atoms with Crippen molar-refractivity contribution in [1.82, 2.24) is 0 Å². The van der Waals surface area contributed by atoms with Gasteiger partial charge in [0.25, 0.3) is 0 Å². The number of carbonyl (C=O) groups is 1. The highest BCUT2D eigenvalue weighted by atomic mass is 28.4. The quantitative estimate of drug-likeness (QED) is 0.403. The van der Waals surface area contributed by atoms with E-state index in [1.165, 1.54) is 0 Å². The normalized spacial score (nSPS) is 15.5. The van der Waals surface area contributed by atoms with Crippen molar-refractivity contribution in [3.05, 3.63) is 24.3 Å². The second-order valence-corrected chi connectivity index (χ2v) is 10.9. The second kappa shape index (κ2) is 7.05. The SMILES string of the molecule is C/C=C/[C@H](C/C=C/C(C)=O)O[Si](C)(C)C(C)(C)C. The third-order valence-corrected chi connectivity index (χ3v) is 7.88. The van der Waals surface area contributed by atoms with E-state index < -0.39 is 8.32 Å². The first kappa shape index (κ1) is 17.3. The van der Waals surface area contributed by atoms with Crippen LogP contribution in [0.2, 0.25) is 18.1 Å². The van der Waals surface area contributed by atoms with Gasteiger partial charge in [0.2, 0.25) is 0 Å². The molecule has 0 amide bonds. The van der Waals surface area contributed by atoms with Crippen LogP contribution in [-0.4, -0.2) is 20.2 Å². The van der Waals surface area contributed by atoms with Gasteiger partial charge in [-0.3, -0.25) is 4.79 Å². The highest BCUT2D eigenvalue weighted by Gasteiger charge is 2.38. The maximum Gasteiger partial charge on any atom is 0.192 e. The summed E-state index contributed by atoms with van der Waals surface area (Å²) in [5.41, 5.74) is 0. The molecule has 0 aromatic rings. The number of ketones is 1. The van der Waals surface area contributed by atoms with Crippen LogP contribution < -0.4 is 0 Å². The summed E-state index contributed by atoms with van der Waals surface area (Å²) in [5.74, 6) is 0.0848. The molecule has 0 heterocycles. The Morgan fingerprint density at radius 1 is 1.33 bits per heavy atom. The molecule has 0 radical (unpaired) electrons. The van der Waals surface area contributed by atoms with Crippen molar-refractivity contribution in [2.45, 2.75) is 65.3 Å². The average molecular weight is 268 g/mol. The molecular weight excluding hydrogens is 240 g/mol. The molecule has 104 valence electrons. The van der Waals surface area contributed by atoms with Gasteiger partial charge in [-0.2, -0.15) is 0 Å². The van der Waals surface area contributed by atoms with Crippen molar-refractivity contribution in [1.29, 1.82) is 0 Å². The molecule has 0 N–H and O–H groups in total. The molecule has 0 aliphatic heterocycles. The maximum atomic E-state index is 10.9. The first-order valence-electron chi connectivity index (χ1n) is 6.58. The first-order valence-corrected chi connectivity index (χ1v) is 9.48. The molecule has 0 fully saturated rings. The van der Waals surface area contributed by atoms with E-state index in [0.29, 0.717) is 0 Å². The number of hydrogen-bond donors (Lipinski definition) is 0. The topological polar surface area (TPSA) is 26.3 Å². The molecule has 0 aromatic heterocycles. The average Bonchev–Trinajstić information content (AvgIpc) is 2.14. The number of carbonyl (C=O) groups excluding carboxylic acids is 1. The lowest BCUT2D eigenvalue weighted by Crippen LogP contribution is -2.43. The number of hydrogen-bond acceptors (Lipinski definition) is 2. The monoisotopic (exact) mass is 268 g/mol. The van der Waals surface area contributed by atoms with Crippen molar-refractivity contribution >= 4 is 14.1 Å². The smallest absolute Gasteiger partial charge is 0.192 e. The molecule has 2 nitrogen and oxygen atoms in total. The fourth-order valence-corrected chi connectivity index (χ4v) is 2.59. The molecule has 1 atom stereocenters. The van der Waals surface area contributed by atoms with Gasteiger partial charge in [0, 0.05) is 0 Å². The van der Waals surface area contributed by atoms with Crippen molar-refractivity contribution < 1.29 is 9.22 Å². The predicted octanol–water partition coefficient (Wildman–Crippen LogP) is 4.49. The highest BCUT2D eigenvalue weighted by molar-refractivity contribution is 6.74. The van der Waals surface area contributed by atoms with E-state index in [1.54, 1.807) is 13.0 Å². The predicted molar refractivity (Wildman–Crippen MR) is 81.3 cm³/mol. The molecular formula is C15H28O2Si. The Hall–Kier alpha value is -0.673. The van der Waals surface area contributed by atoms with Crippen LogP contribution in [0.4, 0.5) is 0 Å². The van der Waals surface area contributed by atoms with Crippen molar-refractivity contribution in [3.8, 4) is 0 Å². The summed E-state index contributed by atoms with van der Waals surface area (Å²) < 4.78 is 6.31. The van der Waals surface area contributed by atoms with E-state index in [1.807, 2.05) is 19.1 Å². The molecule has 0 saturated heterocycles. The first-order chi connectivity index (χ1) is 8.10. The zero-order valence-corrected chi connectivity index (χ0v) is 13.9. The Morgan fingerprint density at radius 2 is 1.89 bits per heavy atom. The number of allylic oxidation sites excluding steroid dienone is 2. The third kappa shape index (κ3) is 6.31. The summed E-state index contributed by atoms with van der Waals surface area (Å²) in [4.78, 5) is 10.9. The molecule has 0 saturated carbocycles. The summed E-state index contributed by atoms with van der Waals surface area (Å²) in [5, 5.41) is 0.205. The third-order valence-electron chi connectivity index (χ3n) is 3.38. The zero-order chi connectivity index (χ0) is 14.4. The molecule has 0 aliphatic carbocycles. The van der Waals surface area contributed by atoms with Gasteiger partial charge in [-0.1, -0.05) is 39.0 Å². The Labute approximate surface area is 113 Å². The van der Waals surface area contributed by atoms with Crippen molar-refractivity contribution in [2.75, 3.05) is 0 Å². The fourth-order valence-electron chi connectivity index (χ4n) is 1.30. The van der Waals surface area contributed by atoms with Gasteiger partial charge in [-0.15, -0.1) is 0 Å². The van der Waals surface area contributed by atoms with E-state index in [2.05, 4.69) is 39.9 Å². The lowest BCUT2D eigenvalue weighted by Gasteiger charge is -2.38. The van der Waals surface area contributed by atoms with Crippen LogP contribution in [0, 0.1) is 0 Å². The summed E-state index contributed by atoms with van der Waals surface area (Å²) in [6, 6.07) is 0. The zero-order valence-electron chi connectivity index (χ0n) is 12.9. The van der Waals surface area contributed by atoms with Crippen LogP contribution in [0.25, 0.3) is 0 Å². The van der Waals surface area contributed by atoms with E-state index in [9.17, 15) is 4.79 Å². The van der Waals surface area contributed by atoms with Gasteiger partial charge >= 0.3 is 0 Å². The van der Waals surface area contributed by atoms with E-state index >= 15 is 0 Å². The summed E-state index contributed by atoms with van der Waals surface area (Å²) in [6.07, 6.45) is 8.44. The molecule has 18 heavy (non-hydrogen) atoms. The lowest BCUT2D eigenvalue weighted by atomic mass is 10.2. The molecule has 0 aromatic carbocycles. The summed E-state index contributed by atoms with van der Waals surface area (Å²) >= 11 is 0. The number of rotatable bonds is 6. The largest absolute Gasteiger partial charge is 0.410 e. The van der Waals surface area contributed by atoms with Crippen LogP contribution in [-0.2, 0) is 9.22 Å². The second-order valence-electron chi connectivity index (χ2n) is 6.19. The van der Waals surface area contributed by atoms with Gasteiger partial charge in [0.1, 0.15) is 0 Å². The Balaban J connectivity index is 4.68. The van der Waals surface area contributed by atoms with E-state index in [-0.39, 0.29) is 16.9 Å². The van der Waals surface area contributed by atoms with Gasteiger partial charge in [-0.25, -0.2) is 0 Å². The Morgan fingerprint density at radius 3 is 2.28 bits per heavy atom. The van der Waals surface area contributed by atoms with Gasteiger partial charge in [-0.05, 0) is 44.5 Å². The Bertz CT molecular complexity index is 322. The van der Waals surface area contributed by atoms with Gasteiger partial charge < -0.3 is 4.43 Å². The van der Waals surface area contributed by atoms with Crippen LogP contribution >= 0.6 is 0 Å². The van der Waals surface area contributed by atoms with Gasteiger partial charge in [0.15, 0.2) is 14.1 Å². The van der Waals surface area contributed by atoms with Crippen LogP contribution in [0.1, 0.15) is 41.0 Å². The summed E-state index contributed by atoms with van der Waals surface area (Å²) in [7, 11) is -1.75. The van der Waals surface area contributed by atoms with E-state index in [0.717, 1.165) is 6.42 Å². The minimum Gasteiger partial charge on any atom is -0.410 e. The van der Waals surface area contributed by atoms with Crippen LogP contribution in [0.5, 0.6) is 0 Å². The van der Waals surface area contributed by atoms with Crippen molar-refractivity contribution in [3.63, 3.8) is 0 Å². The fraction of sp³-hybridized carbons (Fsp3) is 0.667. The molecule has 0 spiro atoms. The van der Waals surface area contributed by atoms with Crippen LogP contribution in [0.15, 0.2) is 24.3 Å².